The van der Waals surface area contributed by atoms with Crippen molar-refractivity contribution in [3.63, 3.8) is 0 Å². The van der Waals surface area contributed by atoms with Gasteiger partial charge in [-0.05, 0) is 0 Å². The topological polar surface area (TPSA) is 99.6 Å². The van der Waals surface area contributed by atoms with Gasteiger partial charge >= 0.3 is 274 Å². The third-order valence-corrected chi connectivity index (χ3v) is 9.50. The molecule has 0 bridgehead atoms. The molecule has 234 valence electrons. The van der Waals surface area contributed by atoms with Gasteiger partial charge in [0.25, 0.3) is 0 Å². The van der Waals surface area contributed by atoms with Gasteiger partial charge in [-0.25, -0.2) is 0 Å². The molecule has 0 saturated heterocycles. The molecule has 0 aliphatic rings. The minimum absolute atomic E-state index is 0.000875. The molecule has 1 aromatic heterocycles. The SMILES string of the molecule is COC(=O)/C=C\[C@@H](COC(c1ccccc1)(c1ccccc1)c1ccccc1)O[C@H](C[Se]c1ccccc1)n1ccc(=O)[nH]c1=O. The maximum atomic E-state index is 13.0. The predicted octanol–water partition coefficient (Wildman–Crippen LogP) is 4.61. The molecule has 0 saturated carbocycles. The average molecular weight is 682 g/mol. The molecule has 1 heterocycles. The molecule has 2 atom stereocenters. The van der Waals surface area contributed by atoms with Crippen LogP contribution in [0.25, 0.3) is 0 Å². The molecule has 8 nitrogen and oxygen atoms in total. The third kappa shape index (κ3) is 8.07. The first-order chi connectivity index (χ1) is 22.5. The van der Waals surface area contributed by atoms with Crippen LogP contribution >= 0.6 is 0 Å². The number of rotatable bonds is 14. The molecule has 0 spiro atoms. The molecule has 0 fully saturated rings. The third-order valence-electron chi connectivity index (χ3n) is 7.28. The van der Waals surface area contributed by atoms with Crippen molar-refractivity contribution in [2.24, 2.45) is 0 Å². The van der Waals surface area contributed by atoms with Crippen LogP contribution in [-0.4, -0.2) is 50.3 Å². The van der Waals surface area contributed by atoms with E-state index in [0.29, 0.717) is 5.32 Å². The molecular formula is C37H34N2O6Se. The normalized spacial score (nSPS) is 12.9. The summed E-state index contributed by atoms with van der Waals surface area (Å²) in [5, 5.41) is 0.465. The minimum atomic E-state index is -1.04. The number of hydrogen-bond acceptors (Lipinski definition) is 6. The number of nitrogens with one attached hydrogen (secondary N) is 1. The molecule has 5 rings (SSSR count). The molecule has 0 aliphatic heterocycles. The van der Waals surface area contributed by atoms with Gasteiger partial charge in [-0.2, -0.15) is 0 Å². The molecule has 4 aromatic carbocycles. The summed E-state index contributed by atoms with van der Waals surface area (Å²) >= 11 is -0.0825. The van der Waals surface area contributed by atoms with E-state index in [1.54, 1.807) is 6.08 Å². The van der Waals surface area contributed by atoms with Crippen molar-refractivity contribution >= 4 is 25.4 Å². The Kier molecular flexibility index (Phi) is 11.3. The number of carbonyl (C=O) groups is 1. The predicted molar refractivity (Wildman–Crippen MR) is 178 cm³/mol. The summed E-state index contributed by atoms with van der Waals surface area (Å²) < 4.78 is 21.0. The van der Waals surface area contributed by atoms with E-state index in [0.717, 1.165) is 21.2 Å². The standard InChI is InChI=1S/C37H34N2O6Se/c1-43-35(41)23-22-31(45-34(27-46-32-20-12-5-13-21-32)39-25-24-33(40)38-36(39)42)26-44-37(28-14-6-2-7-15-28,29-16-8-3-9-17-29)30-18-10-4-11-19-30/h2-25,31,34H,26-27H2,1H3,(H,38,40,42)/b23-22-/t31-,34+/m0/s1. The monoisotopic (exact) mass is 682 g/mol. The van der Waals surface area contributed by atoms with Crippen molar-refractivity contribution in [1.82, 2.24) is 9.55 Å². The van der Waals surface area contributed by atoms with Crippen molar-refractivity contribution in [1.29, 1.82) is 0 Å². The molecule has 1 N–H and O–H groups in total. The summed E-state index contributed by atoms with van der Waals surface area (Å²) in [7, 11) is 1.30. The zero-order valence-electron chi connectivity index (χ0n) is 25.2. The van der Waals surface area contributed by atoms with Crippen molar-refractivity contribution in [3.8, 4) is 0 Å². The first-order valence-electron chi connectivity index (χ1n) is 14.7. The number of ether oxygens (including phenoxy) is 3. The van der Waals surface area contributed by atoms with Crippen molar-refractivity contribution < 1.29 is 19.0 Å². The summed E-state index contributed by atoms with van der Waals surface area (Å²) in [6.45, 7) is -0.000875. The zero-order chi connectivity index (χ0) is 32.2. The summed E-state index contributed by atoms with van der Waals surface area (Å²) in [5.41, 5.74) is 0.585. The number of methoxy groups -OCH3 is 1. The van der Waals surface area contributed by atoms with Gasteiger partial charge in [0.1, 0.15) is 0 Å². The van der Waals surface area contributed by atoms with E-state index in [1.807, 2.05) is 121 Å². The fourth-order valence-electron chi connectivity index (χ4n) is 5.10. The number of carbonyl (C=O) groups excluding carboxylic acids is 1. The van der Waals surface area contributed by atoms with Crippen LogP contribution in [0.5, 0.6) is 0 Å². The van der Waals surface area contributed by atoms with Crippen LogP contribution in [0, 0.1) is 0 Å². The van der Waals surface area contributed by atoms with Gasteiger partial charge in [0.15, 0.2) is 0 Å². The first-order valence-corrected chi connectivity index (χ1v) is 16.8. The molecular weight excluding hydrogens is 647 g/mol. The van der Waals surface area contributed by atoms with E-state index in [-0.39, 0.29) is 21.6 Å². The van der Waals surface area contributed by atoms with Gasteiger partial charge in [0.05, 0.1) is 0 Å². The van der Waals surface area contributed by atoms with Crippen LogP contribution < -0.4 is 15.7 Å². The van der Waals surface area contributed by atoms with Crippen LogP contribution in [0.15, 0.2) is 155 Å². The summed E-state index contributed by atoms with van der Waals surface area (Å²) in [6, 6.07) is 41.0. The van der Waals surface area contributed by atoms with Crippen LogP contribution in [0.2, 0.25) is 5.32 Å². The number of aromatic nitrogens is 2. The Balaban J connectivity index is 1.55. The second kappa shape index (κ2) is 16.0. The average Bonchev–Trinajstić information content (AvgIpc) is 3.11. The Bertz CT molecular complexity index is 1730. The molecule has 0 aliphatic carbocycles. The number of aromatic amines is 1. The van der Waals surface area contributed by atoms with Gasteiger partial charge < -0.3 is 0 Å². The van der Waals surface area contributed by atoms with Gasteiger partial charge in [0.2, 0.25) is 0 Å². The van der Waals surface area contributed by atoms with E-state index in [1.165, 1.54) is 30.0 Å². The molecule has 9 heteroatoms. The zero-order valence-corrected chi connectivity index (χ0v) is 26.9. The van der Waals surface area contributed by atoms with Crippen LogP contribution in [0.3, 0.4) is 0 Å². The van der Waals surface area contributed by atoms with Crippen molar-refractivity contribution in [2.45, 2.75) is 23.3 Å². The van der Waals surface area contributed by atoms with E-state index >= 15 is 0 Å². The number of nitrogens with zero attached hydrogens (tertiary/aromatic N) is 1. The second-order valence-electron chi connectivity index (χ2n) is 10.2. The summed E-state index contributed by atoms with van der Waals surface area (Å²) in [5.74, 6) is -0.555. The van der Waals surface area contributed by atoms with E-state index < -0.39 is 35.2 Å². The molecule has 0 unspecified atom stereocenters. The molecule has 46 heavy (non-hydrogen) atoms. The van der Waals surface area contributed by atoms with Gasteiger partial charge in [-0.15, -0.1) is 0 Å². The van der Waals surface area contributed by atoms with Crippen molar-refractivity contribution in [2.75, 3.05) is 13.7 Å². The fourth-order valence-corrected chi connectivity index (χ4v) is 7.03. The van der Waals surface area contributed by atoms with Crippen LogP contribution in [0.4, 0.5) is 0 Å². The number of hydrogen-bond donors (Lipinski definition) is 1. The van der Waals surface area contributed by atoms with E-state index in [9.17, 15) is 14.4 Å². The maximum absolute atomic E-state index is 13.0. The molecule has 0 radical (unpaired) electrons. The Labute approximate surface area is 273 Å². The van der Waals surface area contributed by atoms with Crippen LogP contribution in [0.1, 0.15) is 22.9 Å². The quantitative estimate of drug-likeness (QED) is 0.0797. The van der Waals surface area contributed by atoms with Crippen molar-refractivity contribution in [3.05, 3.63) is 183 Å². The molecule has 5 aromatic rings. The Morgan fingerprint density at radius 1 is 0.804 bits per heavy atom. The Morgan fingerprint density at radius 2 is 1.33 bits per heavy atom. The van der Waals surface area contributed by atoms with E-state index in [4.69, 9.17) is 14.2 Å². The van der Waals surface area contributed by atoms with E-state index in [2.05, 4.69) is 4.98 Å². The first kappa shape index (κ1) is 32.6. The second-order valence-corrected chi connectivity index (χ2v) is 12.5. The Morgan fingerprint density at radius 3 is 1.83 bits per heavy atom. The van der Waals surface area contributed by atoms with Gasteiger partial charge in [0, 0.05) is 0 Å². The number of esters is 1. The van der Waals surface area contributed by atoms with Gasteiger partial charge in [-0.3, -0.25) is 0 Å². The summed E-state index contributed by atoms with van der Waals surface area (Å²) in [6.07, 6.45) is 2.72. The Hall–Kier alpha value is -4.79. The number of benzene rings is 4. The number of H-pyrrole nitrogens is 1. The molecule has 0 amide bonds. The summed E-state index contributed by atoms with van der Waals surface area (Å²) in [4.78, 5) is 39.4. The van der Waals surface area contributed by atoms with Crippen LogP contribution in [-0.2, 0) is 24.6 Å². The fraction of sp³-hybridized carbons (Fsp3) is 0.162. The van der Waals surface area contributed by atoms with Gasteiger partial charge in [-0.1, -0.05) is 0 Å².